The quantitative estimate of drug-likeness (QED) is 0.738. The molecule has 0 aliphatic heterocycles. The van der Waals surface area contributed by atoms with E-state index in [2.05, 4.69) is 5.32 Å². The fourth-order valence-corrected chi connectivity index (χ4v) is 0.464. The zero-order valence-corrected chi connectivity index (χ0v) is 8.94. The van der Waals surface area contributed by atoms with Crippen LogP contribution in [0.2, 0.25) is 0 Å². The molecule has 0 aliphatic carbocycles. The van der Waals surface area contributed by atoms with Crippen LogP contribution in [0.5, 0.6) is 0 Å². The van der Waals surface area contributed by atoms with Gasteiger partial charge in [0.1, 0.15) is 0 Å². The number of carbonyl (C=O) groups excluding carboxylic acids is 2. The van der Waals surface area contributed by atoms with Gasteiger partial charge < -0.3 is 10.1 Å². The summed E-state index contributed by atoms with van der Waals surface area (Å²) in [6.07, 6.45) is 1.85. The molecule has 1 N–H and O–H groups in total. The zero-order chi connectivity index (χ0) is 7.28. The number of hydrogen-bond acceptors (Lipinski definition) is 2. The van der Waals surface area contributed by atoms with Crippen LogP contribution in [0.1, 0.15) is 13.3 Å². The minimum absolute atomic E-state index is 0. The molecule has 0 radical (unpaired) electrons. The monoisotopic (exact) mass is 312 g/mol. The second-order valence-electron chi connectivity index (χ2n) is 1.86. The minimum Gasteiger partial charge on any atom is -0.542 e. The molecule has 56 valence electrons. The van der Waals surface area contributed by atoms with Crippen LogP contribution in [0.25, 0.3) is 0 Å². The Balaban J connectivity index is 0. The van der Waals surface area contributed by atoms with Crippen LogP contribution in [0.15, 0.2) is 0 Å². The van der Waals surface area contributed by atoms with E-state index in [-0.39, 0.29) is 39.3 Å². The van der Waals surface area contributed by atoms with Gasteiger partial charge in [-0.05, 0) is 0 Å². The van der Waals surface area contributed by atoms with Crippen LogP contribution in [-0.2, 0) is 30.7 Å². The number of hydrogen-bond donors (Lipinski definition) is 1. The Hall–Kier alpha value is -0.172. The summed E-state index contributed by atoms with van der Waals surface area (Å²) in [5, 5.41) is 2.43. The van der Waals surface area contributed by atoms with Gasteiger partial charge in [0.2, 0.25) is 5.91 Å². The van der Waals surface area contributed by atoms with Gasteiger partial charge in [-0.25, -0.2) is 0 Å². The van der Waals surface area contributed by atoms with Gasteiger partial charge in [0.05, 0.1) is 0 Å². The standard InChI is InChI=1S/C6H10NO2.W/c1-5(3-4-8)6(9)7-2;/h5H,3H2,1-2H3,(H,7,9);/q-1;+2. The van der Waals surface area contributed by atoms with E-state index in [0.29, 0.717) is 0 Å². The van der Waals surface area contributed by atoms with E-state index >= 15 is 0 Å². The summed E-state index contributed by atoms with van der Waals surface area (Å²) >= 11 is 0. The third-order valence-electron chi connectivity index (χ3n) is 1.08. The van der Waals surface area contributed by atoms with Gasteiger partial charge in [0, 0.05) is 13.0 Å². The number of amides is 1. The molecule has 0 spiro atoms. The van der Waals surface area contributed by atoms with Crippen molar-refractivity contribution < 1.29 is 30.7 Å². The molecule has 0 aromatic carbocycles. The molecule has 0 fully saturated rings. The maximum absolute atomic E-state index is 10.6. The fourth-order valence-electron chi connectivity index (χ4n) is 0.464. The van der Waals surface area contributed by atoms with Crippen molar-refractivity contribution in [3.05, 3.63) is 0 Å². The van der Waals surface area contributed by atoms with Crippen molar-refractivity contribution in [2.75, 3.05) is 7.05 Å². The van der Waals surface area contributed by atoms with Gasteiger partial charge in [-0.2, -0.15) is 0 Å². The molecule has 0 bridgehead atoms. The Bertz CT molecular complexity index is 116. The molecule has 1 amide bonds. The van der Waals surface area contributed by atoms with E-state index in [0.717, 1.165) is 0 Å². The molecule has 0 aromatic heterocycles. The van der Waals surface area contributed by atoms with Gasteiger partial charge in [-0.15, -0.1) is 6.42 Å². The largest absolute Gasteiger partial charge is 2.00 e. The number of carbonyl (C=O) groups is 1. The fraction of sp³-hybridized carbons (Fsp3) is 0.667. The van der Waals surface area contributed by atoms with E-state index in [4.69, 9.17) is 0 Å². The van der Waals surface area contributed by atoms with E-state index in [1.165, 1.54) is 0 Å². The SMILES string of the molecule is CNC(=O)C(C)C[C-]=O.[W+2]. The van der Waals surface area contributed by atoms with Gasteiger partial charge in [-0.1, -0.05) is 6.92 Å². The third kappa shape index (κ3) is 4.68. The van der Waals surface area contributed by atoms with Crippen molar-refractivity contribution in [3.8, 4) is 0 Å². The van der Waals surface area contributed by atoms with Gasteiger partial charge in [-0.3, -0.25) is 11.1 Å². The maximum atomic E-state index is 10.6. The smallest absolute Gasteiger partial charge is 0.542 e. The molecule has 3 nitrogen and oxygen atoms in total. The predicted octanol–water partition coefficient (Wildman–Crippen LogP) is -0.134. The summed E-state index contributed by atoms with van der Waals surface area (Å²) in [7, 11) is 1.55. The van der Waals surface area contributed by atoms with Crippen molar-refractivity contribution in [1.29, 1.82) is 0 Å². The van der Waals surface area contributed by atoms with Crippen molar-refractivity contribution in [3.63, 3.8) is 0 Å². The summed E-state index contributed by atoms with van der Waals surface area (Å²) in [5.41, 5.74) is 0. The van der Waals surface area contributed by atoms with Crippen molar-refractivity contribution >= 4 is 12.2 Å². The van der Waals surface area contributed by atoms with Crippen LogP contribution in [0, 0.1) is 5.92 Å². The first-order valence-electron chi connectivity index (χ1n) is 2.79. The Kier molecular flexibility index (Phi) is 8.68. The Morgan fingerprint density at radius 2 is 2.20 bits per heavy atom. The first-order valence-corrected chi connectivity index (χ1v) is 2.79. The predicted molar refractivity (Wildman–Crippen MR) is 33.5 cm³/mol. The van der Waals surface area contributed by atoms with Crippen LogP contribution in [0.3, 0.4) is 0 Å². The molecule has 0 rings (SSSR count). The Morgan fingerprint density at radius 1 is 1.70 bits per heavy atom. The second kappa shape index (κ2) is 6.94. The molecule has 1 unspecified atom stereocenters. The molecular weight excluding hydrogens is 302 g/mol. The summed E-state index contributed by atoms with van der Waals surface area (Å²) in [6, 6.07) is 0. The third-order valence-corrected chi connectivity index (χ3v) is 1.08. The summed E-state index contributed by atoms with van der Waals surface area (Å²) in [4.78, 5) is 20.3. The van der Waals surface area contributed by atoms with Crippen LogP contribution < -0.4 is 5.32 Å². The van der Waals surface area contributed by atoms with Crippen molar-refractivity contribution in [2.24, 2.45) is 5.92 Å². The van der Waals surface area contributed by atoms with Gasteiger partial charge in [0.25, 0.3) is 0 Å². The average molecular weight is 312 g/mol. The summed E-state index contributed by atoms with van der Waals surface area (Å²) in [6.45, 7) is 1.68. The van der Waals surface area contributed by atoms with Crippen LogP contribution in [-0.4, -0.2) is 19.2 Å². The average Bonchev–Trinajstić information content (AvgIpc) is 1.87. The van der Waals surface area contributed by atoms with Gasteiger partial charge in [0.15, 0.2) is 0 Å². The maximum Gasteiger partial charge on any atom is 2.00 e. The van der Waals surface area contributed by atoms with Crippen molar-refractivity contribution in [2.45, 2.75) is 13.3 Å². The number of nitrogens with one attached hydrogen (secondary N) is 1. The van der Waals surface area contributed by atoms with E-state index in [1.54, 1.807) is 20.3 Å². The zero-order valence-electron chi connectivity index (χ0n) is 6.01. The molecule has 0 aromatic rings. The first kappa shape index (κ1) is 12.5. The molecule has 0 heterocycles. The van der Waals surface area contributed by atoms with E-state index in [1.807, 2.05) is 0 Å². The Morgan fingerprint density at radius 3 is 2.50 bits per heavy atom. The molecule has 0 aliphatic rings. The molecule has 0 saturated carbocycles. The normalized spacial score (nSPS) is 11.0. The summed E-state index contributed by atoms with van der Waals surface area (Å²) < 4.78 is 0. The van der Waals surface area contributed by atoms with Crippen molar-refractivity contribution in [1.82, 2.24) is 5.32 Å². The van der Waals surface area contributed by atoms with E-state index < -0.39 is 0 Å². The van der Waals surface area contributed by atoms with Crippen LogP contribution >= 0.6 is 0 Å². The van der Waals surface area contributed by atoms with Crippen LogP contribution in [0.4, 0.5) is 0 Å². The molecule has 1 atom stereocenters. The Labute approximate surface area is 74.8 Å². The van der Waals surface area contributed by atoms with E-state index in [9.17, 15) is 9.59 Å². The molecular formula is C6H10NO2W+. The topological polar surface area (TPSA) is 46.2 Å². The van der Waals surface area contributed by atoms with Gasteiger partial charge >= 0.3 is 21.1 Å². The minimum atomic E-state index is -0.243. The molecule has 0 saturated heterocycles. The molecule has 4 heteroatoms. The first-order chi connectivity index (χ1) is 4.22. The number of rotatable bonds is 3. The second-order valence-corrected chi connectivity index (χ2v) is 1.86. The summed E-state index contributed by atoms with van der Waals surface area (Å²) in [5.74, 6) is -0.356. The molecule has 10 heavy (non-hydrogen) atoms.